The Labute approximate surface area is 112 Å². The van der Waals surface area contributed by atoms with Crippen molar-refractivity contribution in [1.82, 2.24) is 10.6 Å². The lowest BCUT2D eigenvalue weighted by molar-refractivity contribution is -0.145. The van der Waals surface area contributed by atoms with Gasteiger partial charge in [0.1, 0.15) is 6.04 Å². The second-order valence-electron chi connectivity index (χ2n) is 5.63. The van der Waals surface area contributed by atoms with Crippen LogP contribution in [0.4, 0.5) is 0 Å². The third-order valence-electron chi connectivity index (χ3n) is 2.85. The van der Waals surface area contributed by atoms with E-state index in [0.717, 1.165) is 18.1 Å². The van der Waals surface area contributed by atoms with Gasteiger partial charge in [0.05, 0.1) is 0 Å². The number of aliphatic carboxylic acids is 1. The molecule has 1 fully saturated rings. The van der Waals surface area contributed by atoms with E-state index in [4.69, 9.17) is 5.11 Å². The predicted octanol–water partition coefficient (Wildman–Crippen LogP) is 0.697. The number of carbonyl (C=O) groups excluding carboxylic acids is 1. The van der Waals surface area contributed by atoms with E-state index in [1.165, 1.54) is 0 Å². The molecule has 1 rings (SSSR count). The van der Waals surface area contributed by atoms with Crippen molar-refractivity contribution in [2.45, 2.75) is 39.3 Å². The van der Waals surface area contributed by atoms with Crippen LogP contribution in [0.15, 0.2) is 0 Å². The van der Waals surface area contributed by atoms with Crippen LogP contribution in [0.3, 0.4) is 0 Å². The molecule has 18 heavy (non-hydrogen) atoms. The Morgan fingerprint density at radius 1 is 1.50 bits per heavy atom. The minimum absolute atomic E-state index is 0.151. The van der Waals surface area contributed by atoms with Crippen LogP contribution in [0.25, 0.3) is 0 Å². The molecule has 1 unspecified atom stereocenters. The number of amides is 1. The van der Waals surface area contributed by atoms with Crippen molar-refractivity contribution >= 4 is 23.6 Å². The lowest BCUT2D eigenvalue weighted by Crippen LogP contribution is -2.51. The highest BCUT2D eigenvalue weighted by molar-refractivity contribution is 7.99. The van der Waals surface area contributed by atoms with Crippen molar-refractivity contribution < 1.29 is 14.7 Å². The molecule has 5 nitrogen and oxygen atoms in total. The topological polar surface area (TPSA) is 78.4 Å². The Balaban J connectivity index is 2.48. The Kier molecular flexibility index (Phi) is 5.47. The average molecular weight is 274 g/mol. The molecule has 1 aliphatic rings. The summed E-state index contributed by atoms with van der Waals surface area (Å²) in [6, 6.07) is -0.695. The van der Waals surface area contributed by atoms with Crippen LogP contribution in [0.2, 0.25) is 0 Å². The molecule has 1 amide bonds. The number of nitrogens with one attached hydrogen (secondary N) is 2. The lowest BCUT2D eigenvalue weighted by atomic mass is 9.86. The highest BCUT2D eigenvalue weighted by Crippen LogP contribution is 2.20. The minimum Gasteiger partial charge on any atom is -0.480 e. The fraction of sp³-hybridized carbons (Fsp3) is 0.833. The first kappa shape index (κ1) is 15.3. The Morgan fingerprint density at radius 3 is 2.61 bits per heavy atom. The summed E-state index contributed by atoms with van der Waals surface area (Å²) in [7, 11) is 0. The molecule has 1 saturated heterocycles. The number of thioether (sulfide) groups is 1. The summed E-state index contributed by atoms with van der Waals surface area (Å²) in [5, 5.41) is 15.0. The van der Waals surface area contributed by atoms with Gasteiger partial charge >= 0.3 is 5.97 Å². The molecule has 0 aliphatic carbocycles. The summed E-state index contributed by atoms with van der Waals surface area (Å²) in [5.41, 5.74) is -0.490. The predicted molar refractivity (Wildman–Crippen MR) is 72.8 cm³/mol. The van der Waals surface area contributed by atoms with E-state index in [-0.39, 0.29) is 11.9 Å². The fourth-order valence-corrected chi connectivity index (χ4v) is 2.79. The summed E-state index contributed by atoms with van der Waals surface area (Å²) in [6.45, 7) is 6.33. The largest absolute Gasteiger partial charge is 0.480 e. The van der Waals surface area contributed by atoms with Gasteiger partial charge in [-0.2, -0.15) is 11.8 Å². The number of hydrogen-bond acceptors (Lipinski definition) is 4. The van der Waals surface area contributed by atoms with Gasteiger partial charge in [0, 0.05) is 30.5 Å². The van der Waals surface area contributed by atoms with Crippen LogP contribution in [0, 0.1) is 5.41 Å². The van der Waals surface area contributed by atoms with Crippen molar-refractivity contribution in [3.05, 3.63) is 0 Å². The van der Waals surface area contributed by atoms with Crippen molar-refractivity contribution in [1.29, 1.82) is 0 Å². The summed E-state index contributed by atoms with van der Waals surface area (Å²) in [5.74, 6) is 0.789. The van der Waals surface area contributed by atoms with E-state index >= 15 is 0 Å². The molecule has 3 N–H and O–H groups in total. The number of rotatable bonds is 4. The molecular weight excluding hydrogens is 252 g/mol. The molecule has 2 atom stereocenters. The molecule has 0 aromatic rings. The van der Waals surface area contributed by atoms with E-state index in [1.807, 2.05) is 11.8 Å². The van der Waals surface area contributed by atoms with Crippen molar-refractivity contribution in [2.75, 3.05) is 18.1 Å². The fourth-order valence-electron chi connectivity index (χ4n) is 1.84. The van der Waals surface area contributed by atoms with Gasteiger partial charge < -0.3 is 15.7 Å². The van der Waals surface area contributed by atoms with E-state index in [2.05, 4.69) is 10.6 Å². The Hall–Kier alpha value is -0.750. The molecule has 6 heteroatoms. The van der Waals surface area contributed by atoms with Gasteiger partial charge in [-0.1, -0.05) is 20.8 Å². The van der Waals surface area contributed by atoms with Crippen LogP contribution >= 0.6 is 11.8 Å². The molecular formula is C12H22N2O3S. The second kappa shape index (κ2) is 6.43. The lowest BCUT2D eigenvalue weighted by Gasteiger charge is -2.29. The number of hydrogen-bond donors (Lipinski definition) is 3. The van der Waals surface area contributed by atoms with Crippen LogP contribution < -0.4 is 10.6 Å². The SMILES string of the molecule is CC(C)(C)[C@H](NC(=O)CC1CSCCN1)C(=O)O. The van der Waals surface area contributed by atoms with Gasteiger partial charge in [0.25, 0.3) is 0 Å². The second-order valence-corrected chi connectivity index (χ2v) is 6.78. The van der Waals surface area contributed by atoms with Crippen LogP contribution in [-0.4, -0.2) is 47.1 Å². The molecule has 0 aromatic carbocycles. The summed E-state index contributed by atoms with van der Waals surface area (Å²) < 4.78 is 0. The molecule has 1 heterocycles. The zero-order valence-corrected chi connectivity index (χ0v) is 12.0. The van der Waals surface area contributed by atoms with Gasteiger partial charge in [-0.05, 0) is 5.41 Å². The maximum Gasteiger partial charge on any atom is 0.326 e. The average Bonchev–Trinajstić information content (AvgIpc) is 2.25. The first-order valence-corrected chi connectivity index (χ1v) is 7.29. The maximum atomic E-state index is 11.8. The van der Waals surface area contributed by atoms with Gasteiger partial charge in [-0.3, -0.25) is 4.79 Å². The molecule has 104 valence electrons. The number of carbonyl (C=O) groups is 2. The highest BCUT2D eigenvalue weighted by Gasteiger charge is 2.33. The van der Waals surface area contributed by atoms with E-state index in [0.29, 0.717) is 6.42 Å². The maximum absolute atomic E-state index is 11.8. The van der Waals surface area contributed by atoms with Gasteiger partial charge in [-0.25, -0.2) is 4.79 Å². The summed E-state index contributed by atoms with van der Waals surface area (Å²) in [6.07, 6.45) is 0.340. The summed E-state index contributed by atoms with van der Waals surface area (Å²) >= 11 is 1.82. The quantitative estimate of drug-likeness (QED) is 0.703. The van der Waals surface area contributed by atoms with Crippen LogP contribution in [0.5, 0.6) is 0 Å². The van der Waals surface area contributed by atoms with E-state index in [1.54, 1.807) is 20.8 Å². The van der Waals surface area contributed by atoms with Crippen LogP contribution in [-0.2, 0) is 9.59 Å². The van der Waals surface area contributed by atoms with Gasteiger partial charge in [0.2, 0.25) is 5.91 Å². The molecule has 0 bridgehead atoms. The molecule has 0 aromatic heterocycles. The van der Waals surface area contributed by atoms with Crippen LogP contribution in [0.1, 0.15) is 27.2 Å². The smallest absolute Gasteiger partial charge is 0.326 e. The zero-order chi connectivity index (χ0) is 13.8. The monoisotopic (exact) mass is 274 g/mol. The molecule has 0 radical (unpaired) electrons. The van der Waals surface area contributed by atoms with Gasteiger partial charge in [0.15, 0.2) is 0 Å². The standard InChI is InChI=1S/C12H22N2O3S/c1-12(2,3)10(11(16)17)14-9(15)6-8-7-18-5-4-13-8/h8,10,13H,4-7H2,1-3H3,(H,14,15)(H,16,17)/t8?,10-/m1/s1. The Bertz CT molecular complexity index is 309. The Morgan fingerprint density at radius 2 is 2.17 bits per heavy atom. The van der Waals surface area contributed by atoms with Crippen molar-refractivity contribution in [3.63, 3.8) is 0 Å². The molecule has 1 aliphatic heterocycles. The van der Waals surface area contributed by atoms with Crippen molar-refractivity contribution in [2.24, 2.45) is 5.41 Å². The third kappa shape index (κ3) is 4.86. The third-order valence-corrected chi connectivity index (χ3v) is 3.98. The van der Waals surface area contributed by atoms with Crippen molar-refractivity contribution in [3.8, 4) is 0 Å². The summed E-state index contributed by atoms with van der Waals surface area (Å²) in [4.78, 5) is 23.0. The van der Waals surface area contributed by atoms with E-state index in [9.17, 15) is 9.59 Å². The van der Waals surface area contributed by atoms with Gasteiger partial charge in [-0.15, -0.1) is 0 Å². The molecule has 0 spiro atoms. The van der Waals surface area contributed by atoms with E-state index < -0.39 is 17.4 Å². The first-order valence-electron chi connectivity index (χ1n) is 6.14. The first-order chi connectivity index (χ1) is 8.30. The zero-order valence-electron chi connectivity index (χ0n) is 11.2. The number of carboxylic acid groups (broad SMARTS) is 1. The number of carboxylic acids is 1. The molecule has 0 saturated carbocycles. The minimum atomic E-state index is -0.984. The normalized spacial score (nSPS) is 22.3. The highest BCUT2D eigenvalue weighted by atomic mass is 32.2.